The molecular weight excluding hydrogens is 1100 g/mol. The maximum Gasteiger partial charge on any atom is 0.0541 e. The van der Waals surface area contributed by atoms with Crippen LogP contribution in [-0.4, -0.2) is 18.3 Å². The molecule has 0 spiro atoms. The van der Waals surface area contributed by atoms with Crippen molar-refractivity contribution >= 4 is 119 Å². The highest BCUT2D eigenvalue weighted by atomic mass is 32.1. The molecule has 5 aromatic heterocycles. The van der Waals surface area contributed by atoms with Crippen molar-refractivity contribution < 1.29 is 0 Å². The van der Waals surface area contributed by atoms with E-state index < -0.39 is 0 Å². The first-order valence-corrected chi connectivity index (χ1v) is 31.4. The lowest BCUT2D eigenvalue weighted by molar-refractivity contribution is 1.13. The number of para-hydroxylation sites is 8. The summed E-state index contributed by atoms with van der Waals surface area (Å²) in [6, 6.07) is 117. The molecule has 0 bridgehead atoms. The van der Waals surface area contributed by atoms with Crippen LogP contribution in [-0.2, 0) is 0 Å². The largest absolute Gasteiger partial charge is 0.309 e. The van der Waals surface area contributed by atoms with Gasteiger partial charge in [0.2, 0.25) is 0 Å². The highest BCUT2D eigenvalue weighted by molar-refractivity contribution is 7.26. The van der Waals surface area contributed by atoms with Crippen LogP contribution >= 0.6 is 11.3 Å². The van der Waals surface area contributed by atoms with Crippen LogP contribution in [0.1, 0.15) is 0 Å². The molecule has 0 aliphatic carbocycles. The summed E-state index contributed by atoms with van der Waals surface area (Å²) in [4.78, 5) is 0. The fourth-order valence-electron chi connectivity index (χ4n) is 14.9. The van der Waals surface area contributed by atoms with Crippen LogP contribution in [0.2, 0.25) is 0 Å². The molecule has 0 N–H and O–H groups in total. The zero-order valence-electron chi connectivity index (χ0n) is 48.2. The van der Waals surface area contributed by atoms with E-state index in [1.54, 1.807) is 0 Å². The minimum Gasteiger partial charge on any atom is -0.309 e. The normalized spacial score (nSPS) is 12.0. The third-order valence-corrected chi connectivity index (χ3v) is 20.0. The number of benzene rings is 14. The summed E-state index contributed by atoms with van der Waals surface area (Å²) in [5, 5.41) is 12.5. The van der Waals surface area contributed by atoms with Crippen LogP contribution in [0.5, 0.6) is 0 Å². The third-order valence-electron chi connectivity index (χ3n) is 18.7. The summed E-state index contributed by atoms with van der Waals surface area (Å²) in [6.45, 7) is 0. The quantitative estimate of drug-likeness (QED) is 0.144. The number of aromatic nitrogens is 4. The lowest BCUT2D eigenvalue weighted by Crippen LogP contribution is -2.00. The maximum absolute atomic E-state index is 2.45. The Hall–Kier alpha value is -11.5. The van der Waals surface area contributed by atoms with Gasteiger partial charge in [0.1, 0.15) is 0 Å². The summed E-state index contributed by atoms with van der Waals surface area (Å²) in [5.41, 5.74) is 23.4. The summed E-state index contributed by atoms with van der Waals surface area (Å²) in [7, 11) is 0. The summed E-state index contributed by atoms with van der Waals surface area (Å²) < 4.78 is 12.4. The second-order valence-corrected chi connectivity index (χ2v) is 24.6. The van der Waals surface area contributed by atoms with E-state index in [9.17, 15) is 0 Å². The SMILES string of the molecule is c1cc(-c2cc(-n3c4ccccc4c4ccccc43)cc(-n3c4ccccc4c4ccccc43)c2)cc(-c2cccc3c2sc2c(-c4cccc(-c5cc(-n6c7ccccc7c7ccccc76)cc(-n6c7ccccc7c7ccccc76)c5)c4)cccc23)c1. The van der Waals surface area contributed by atoms with Gasteiger partial charge in [-0.1, -0.05) is 218 Å². The number of nitrogens with zero attached hydrogens (tertiary/aromatic N) is 4. The van der Waals surface area contributed by atoms with Crippen molar-refractivity contribution in [2.24, 2.45) is 0 Å². The first-order valence-electron chi connectivity index (χ1n) is 30.6. The molecule has 0 saturated carbocycles. The number of fused-ring (bicyclic) bond motifs is 15. The van der Waals surface area contributed by atoms with Crippen LogP contribution in [0.25, 0.3) is 175 Å². The molecule has 0 atom stereocenters. The molecule has 0 aliphatic rings. The minimum absolute atomic E-state index is 1.12. The van der Waals surface area contributed by atoms with Gasteiger partial charge in [-0.05, 0) is 142 Å². The Morgan fingerprint density at radius 1 is 0.169 bits per heavy atom. The zero-order valence-corrected chi connectivity index (χ0v) is 49.0. The summed E-state index contributed by atoms with van der Waals surface area (Å²) in [6.07, 6.45) is 0. The van der Waals surface area contributed by atoms with E-state index in [4.69, 9.17) is 0 Å². The van der Waals surface area contributed by atoms with Gasteiger partial charge in [-0.2, -0.15) is 0 Å². The Morgan fingerprint density at radius 3 is 0.663 bits per heavy atom. The number of hydrogen-bond donors (Lipinski definition) is 0. The molecular formula is C84H52N4S. The molecule has 5 heterocycles. The fraction of sp³-hybridized carbons (Fsp3) is 0. The average Bonchev–Trinajstić information content (AvgIpc) is 1.84. The van der Waals surface area contributed by atoms with Gasteiger partial charge in [0.25, 0.3) is 0 Å². The fourth-order valence-corrected chi connectivity index (χ4v) is 16.2. The molecule has 4 nitrogen and oxygen atoms in total. The van der Waals surface area contributed by atoms with E-state index in [0.29, 0.717) is 0 Å². The molecule has 19 aromatic rings. The van der Waals surface area contributed by atoms with Crippen molar-refractivity contribution in [3.05, 3.63) is 315 Å². The monoisotopic (exact) mass is 1150 g/mol. The predicted octanol–water partition coefficient (Wildman–Crippen LogP) is 23.1. The summed E-state index contributed by atoms with van der Waals surface area (Å²) >= 11 is 1.91. The minimum atomic E-state index is 1.12. The Labute approximate surface area is 516 Å². The molecule has 89 heavy (non-hydrogen) atoms. The van der Waals surface area contributed by atoms with E-state index in [-0.39, 0.29) is 0 Å². The molecule has 0 unspecified atom stereocenters. The maximum atomic E-state index is 2.45. The van der Waals surface area contributed by atoms with Crippen molar-refractivity contribution in [1.29, 1.82) is 0 Å². The Morgan fingerprint density at radius 2 is 0.393 bits per heavy atom. The Kier molecular flexibility index (Phi) is 10.9. The predicted molar refractivity (Wildman–Crippen MR) is 378 cm³/mol. The second-order valence-electron chi connectivity index (χ2n) is 23.6. The van der Waals surface area contributed by atoms with Gasteiger partial charge in [-0.15, -0.1) is 11.3 Å². The first-order chi connectivity index (χ1) is 44.1. The first kappa shape index (κ1) is 49.7. The van der Waals surface area contributed by atoms with Crippen molar-refractivity contribution in [1.82, 2.24) is 18.3 Å². The van der Waals surface area contributed by atoms with Crippen LogP contribution in [0, 0.1) is 0 Å². The lowest BCUT2D eigenvalue weighted by atomic mass is 9.96. The van der Waals surface area contributed by atoms with E-state index in [1.807, 2.05) is 11.3 Å². The second kappa shape index (κ2) is 19.5. The third kappa shape index (κ3) is 7.59. The van der Waals surface area contributed by atoms with Crippen LogP contribution in [0.3, 0.4) is 0 Å². The van der Waals surface area contributed by atoms with E-state index in [0.717, 1.165) is 45.0 Å². The molecule has 0 radical (unpaired) electrons. The lowest BCUT2D eigenvalue weighted by Gasteiger charge is -2.16. The zero-order chi connectivity index (χ0) is 58.3. The van der Waals surface area contributed by atoms with Gasteiger partial charge in [0.05, 0.1) is 44.1 Å². The van der Waals surface area contributed by atoms with Gasteiger partial charge in [0.15, 0.2) is 0 Å². The summed E-state index contributed by atoms with van der Waals surface area (Å²) in [5.74, 6) is 0. The topological polar surface area (TPSA) is 19.7 Å². The molecule has 5 heteroatoms. The van der Waals surface area contributed by atoms with Crippen LogP contribution in [0.4, 0.5) is 0 Å². The average molecular weight is 1150 g/mol. The standard InChI is InChI=1S/C84H52N4S/c1-9-37-75-65(25-1)66-26-2-10-38-76(66)85(75)59-47-57(48-60(51-59)86-77-39-11-3-27-67(77)68-28-4-12-40-78(68)86)53-21-17-23-55(45-53)63-33-19-35-73-74-36-20-34-64(84(74)89-83(63)73)56-24-18-22-54(46-56)58-49-61(87-79-41-13-5-29-69(79)70-30-6-14-42-80(70)87)52-62(50-58)88-81-43-15-7-31-71(81)72-32-8-16-44-82(72)88/h1-52H. The molecule has 19 rings (SSSR count). The Balaban J connectivity index is 0.763. The van der Waals surface area contributed by atoms with E-state index in [1.165, 1.54) is 130 Å². The van der Waals surface area contributed by atoms with E-state index in [2.05, 4.69) is 334 Å². The van der Waals surface area contributed by atoms with Crippen LogP contribution in [0.15, 0.2) is 315 Å². The molecule has 0 amide bonds. The number of rotatable bonds is 8. The van der Waals surface area contributed by atoms with Gasteiger partial charge >= 0.3 is 0 Å². The molecule has 0 aliphatic heterocycles. The number of hydrogen-bond acceptors (Lipinski definition) is 1. The smallest absolute Gasteiger partial charge is 0.0541 e. The molecule has 0 saturated heterocycles. The van der Waals surface area contributed by atoms with E-state index >= 15 is 0 Å². The van der Waals surface area contributed by atoms with Crippen molar-refractivity contribution in [3.63, 3.8) is 0 Å². The molecule has 414 valence electrons. The number of thiophene rings is 1. The van der Waals surface area contributed by atoms with Gasteiger partial charge in [-0.25, -0.2) is 0 Å². The highest BCUT2D eigenvalue weighted by Gasteiger charge is 2.22. The van der Waals surface area contributed by atoms with Crippen LogP contribution < -0.4 is 0 Å². The highest BCUT2D eigenvalue weighted by Crippen LogP contribution is 2.47. The molecule has 0 fully saturated rings. The Bertz CT molecular complexity index is 5290. The van der Waals surface area contributed by atoms with Gasteiger partial charge < -0.3 is 18.3 Å². The van der Waals surface area contributed by atoms with Crippen molar-refractivity contribution in [2.75, 3.05) is 0 Å². The molecule has 14 aromatic carbocycles. The van der Waals surface area contributed by atoms with Gasteiger partial charge in [-0.3, -0.25) is 0 Å². The van der Waals surface area contributed by atoms with Crippen molar-refractivity contribution in [2.45, 2.75) is 0 Å². The van der Waals surface area contributed by atoms with Crippen molar-refractivity contribution in [3.8, 4) is 67.3 Å². The van der Waals surface area contributed by atoms with Gasteiger partial charge in [0, 0.05) is 86.0 Å².